The molecule has 3 rings (SSSR count). The molecule has 1 N–H and O–H groups in total. The third kappa shape index (κ3) is 3.97. The summed E-state index contributed by atoms with van der Waals surface area (Å²) in [6.07, 6.45) is 0.295. The lowest BCUT2D eigenvalue weighted by atomic mass is 9.99. The van der Waals surface area contributed by atoms with Gasteiger partial charge in [-0.15, -0.1) is 11.3 Å². The predicted octanol–water partition coefficient (Wildman–Crippen LogP) is 5.22. The Hall–Kier alpha value is -2.46. The van der Waals surface area contributed by atoms with Gasteiger partial charge in [0.1, 0.15) is 5.01 Å². The van der Waals surface area contributed by atoms with Gasteiger partial charge in [-0.2, -0.15) is 0 Å². The van der Waals surface area contributed by atoms with E-state index in [9.17, 15) is 4.79 Å². The standard InChI is InChI=1S/C21H22N2OS/c1-13-7-5-6-8-18(13)22-20(24)11-21-23-19(12-25-21)17-10-15(3)14(2)9-16(17)4/h5-10,12H,11H2,1-4H3,(H,22,24). The van der Waals surface area contributed by atoms with Crippen LogP contribution in [0.25, 0.3) is 11.3 Å². The van der Waals surface area contributed by atoms with Crippen LogP contribution in [0.2, 0.25) is 0 Å². The number of nitrogens with zero attached hydrogens (tertiary/aromatic N) is 1. The maximum absolute atomic E-state index is 12.3. The Morgan fingerprint density at radius 1 is 1.00 bits per heavy atom. The molecule has 25 heavy (non-hydrogen) atoms. The summed E-state index contributed by atoms with van der Waals surface area (Å²) >= 11 is 1.53. The molecule has 0 aliphatic rings. The summed E-state index contributed by atoms with van der Waals surface area (Å²) in [6, 6.07) is 12.2. The number of carbonyl (C=O) groups is 1. The van der Waals surface area contributed by atoms with Gasteiger partial charge in [-0.05, 0) is 62.1 Å². The van der Waals surface area contributed by atoms with Crippen LogP contribution in [-0.2, 0) is 11.2 Å². The average Bonchev–Trinajstić information content (AvgIpc) is 3.01. The largest absolute Gasteiger partial charge is 0.325 e. The fourth-order valence-electron chi connectivity index (χ4n) is 2.80. The van der Waals surface area contributed by atoms with E-state index in [1.165, 1.54) is 28.0 Å². The van der Waals surface area contributed by atoms with Crippen molar-refractivity contribution >= 4 is 22.9 Å². The monoisotopic (exact) mass is 350 g/mol. The van der Waals surface area contributed by atoms with Crippen LogP contribution >= 0.6 is 11.3 Å². The number of thiazole rings is 1. The minimum atomic E-state index is -0.0352. The lowest BCUT2D eigenvalue weighted by Crippen LogP contribution is -2.14. The molecule has 2 aromatic carbocycles. The third-order valence-corrected chi connectivity index (χ3v) is 5.25. The molecule has 0 saturated heterocycles. The molecule has 1 aromatic heterocycles. The maximum Gasteiger partial charge on any atom is 0.231 e. The van der Waals surface area contributed by atoms with Crippen LogP contribution in [-0.4, -0.2) is 10.9 Å². The van der Waals surface area contributed by atoms with E-state index < -0.39 is 0 Å². The highest BCUT2D eigenvalue weighted by atomic mass is 32.1. The van der Waals surface area contributed by atoms with Gasteiger partial charge in [-0.1, -0.05) is 24.3 Å². The SMILES string of the molecule is Cc1cc(C)c(-c2csc(CC(=O)Nc3ccccc3C)n2)cc1C. The molecule has 0 atom stereocenters. The van der Waals surface area contributed by atoms with E-state index >= 15 is 0 Å². The molecule has 3 aromatic rings. The molecule has 3 nitrogen and oxygen atoms in total. The van der Waals surface area contributed by atoms with Crippen molar-refractivity contribution in [3.63, 3.8) is 0 Å². The quantitative estimate of drug-likeness (QED) is 0.700. The summed E-state index contributed by atoms with van der Waals surface area (Å²) in [5.41, 5.74) is 7.76. The number of aromatic nitrogens is 1. The number of para-hydroxylation sites is 1. The Morgan fingerprint density at radius 2 is 1.72 bits per heavy atom. The van der Waals surface area contributed by atoms with Crippen molar-refractivity contribution in [2.45, 2.75) is 34.1 Å². The van der Waals surface area contributed by atoms with Crippen molar-refractivity contribution < 1.29 is 4.79 Å². The molecule has 0 bridgehead atoms. The number of amides is 1. The number of benzene rings is 2. The molecule has 0 aliphatic heterocycles. The van der Waals surface area contributed by atoms with Gasteiger partial charge < -0.3 is 5.32 Å². The van der Waals surface area contributed by atoms with Gasteiger partial charge in [0.15, 0.2) is 0 Å². The Labute approximate surface area is 152 Å². The molecule has 0 radical (unpaired) electrons. The fraction of sp³-hybridized carbons (Fsp3) is 0.238. The zero-order chi connectivity index (χ0) is 18.0. The van der Waals surface area contributed by atoms with E-state index in [4.69, 9.17) is 0 Å². The summed E-state index contributed by atoms with van der Waals surface area (Å²) in [5.74, 6) is -0.0352. The molecule has 4 heteroatoms. The number of hydrogen-bond acceptors (Lipinski definition) is 3. The van der Waals surface area contributed by atoms with Crippen LogP contribution in [0.15, 0.2) is 41.8 Å². The lowest BCUT2D eigenvalue weighted by Gasteiger charge is -2.08. The first-order valence-corrected chi connectivity index (χ1v) is 9.20. The molecule has 128 valence electrons. The van der Waals surface area contributed by atoms with E-state index in [0.717, 1.165) is 27.5 Å². The number of carbonyl (C=O) groups excluding carboxylic acids is 1. The molecule has 0 unspecified atom stereocenters. The first kappa shape index (κ1) is 17.4. The fourth-order valence-corrected chi connectivity index (χ4v) is 3.59. The first-order chi connectivity index (χ1) is 11.9. The number of nitrogens with one attached hydrogen (secondary N) is 1. The van der Waals surface area contributed by atoms with Crippen molar-refractivity contribution in [3.8, 4) is 11.3 Å². The molecule has 0 spiro atoms. The molecule has 0 aliphatic carbocycles. The molecule has 0 fully saturated rings. The Morgan fingerprint density at radius 3 is 2.48 bits per heavy atom. The zero-order valence-electron chi connectivity index (χ0n) is 15.0. The third-order valence-electron chi connectivity index (χ3n) is 4.40. The van der Waals surface area contributed by atoms with E-state index in [1.54, 1.807) is 0 Å². The summed E-state index contributed by atoms with van der Waals surface area (Å²) in [7, 11) is 0. The number of hydrogen-bond donors (Lipinski definition) is 1. The molecule has 1 heterocycles. The Balaban J connectivity index is 1.75. The predicted molar refractivity (Wildman–Crippen MR) is 105 cm³/mol. The van der Waals surface area contributed by atoms with Crippen molar-refractivity contribution in [2.75, 3.05) is 5.32 Å². The van der Waals surface area contributed by atoms with Gasteiger partial charge in [0.05, 0.1) is 12.1 Å². The van der Waals surface area contributed by atoms with Crippen LogP contribution in [0.3, 0.4) is 0 Å². The lowest BCUT2D eigenvalue weighted by molar-refractivity contribution is -0.115. The van der Waals surface area contributed by atoms with Crippen LogP contribution < -0.4 is 5.32 Å². The topological polar surface area (TPSA) is 42.0 Å². The number of anilines is 1. The van der Waals surface area contributed by atoms with Crippen LogP contribution in [0.4, 0.5) is 5.69 Å². The van der Waals surface area contributed by atoms with Gasteiger partial charge in [0, 0.05) is 16.6 Å². The number of aryl methyl sites for hydroxylation is 4. The van der Waals surface area contributed by atoms with Gasteiger partial charge in [-0.3, -0.25) is 4.79 Å². The van der Waals surface area contributed by atoms with Gasteiger partial charge >= 0.3 is 0 Å². The Kier molecular flexibility index (Phi) is 5.00. The van der Waals surface area contributed by atoms with Crippen molar-refractivity contribution in [1.82, 2.24) is 4.98 Å². The maximum atomic E-state index is 12.3. The van der Waals surface area contributed by atoms with E-state index in [0.29, 0.717) is 6.42 Å². The van der Waals surface area contributed by atoms with Crippen LogP contribution in [0.5, 0.6) is 0 Å². The second-order valence-electron chi connectivity index (χ2n) is 6.42. The van der Waals surface area contributed by atoms with Crippen LogP contribution in [0, 0.1) is 27.7 Å². The van der Waals surface area contributed by atoms with E-state index in [-0.39, 0.29) is 5.91 Å². The van der Waals surface area contributed by atoms with Crippen LogP contribution in [0.1, 0.15) is 27.3 Å². The highest BCUT2D eigenvalue weighted by Crippen LogP contribution is 2.28. The zero-order valence-corrected chi connectivity index (χ0v) is 15.8. The molecule has 1 amide bonds. The van der Waals surface area contributed by atoms with E-state index in [1.807, 2.05) is 36.6 Å². The van der Waals surface area contributed by atoms with Gasteiger partial charge in [-0.25, -0.2) is 4.98 Å². The van der Waals surface area contributed by atoms with Crippen molar-refractivity contribution in [1.29, 1.82) is 0 Å². The van der Waals surface area contributed by atoms with Gasteiger partial charge in [0.25, 0.3) is 0 Å². The second kappa shape index (κ2) is 7.19. The Bertz CT molecular complexity index is 927. The minimum Gasteiger partial charge on any atom is -0.325 e. The smallest absolute Gasteiger partial charge is 0.231 e. The summed E-state index contributed by atoms with van der Waals surface area (Å²) < 4.78 is 0. The summed E-state index contributed by atoms with van der Waals surface area (Å²) in [4.78, 5) is 17.0. The summed E-state index contributed by atoms with van der Waals surface area (Å²) in [6.45, 7) is 8.32. The normalized spacial score (nSPS) is 10.7. The van der Waals surface area contributed by atoms with Crippen molar-refractivity contribution in [3.05, 3.63) is 69.0 Å². The molecule has 0 saturated carbocycles. The highest BCUT2D eigenvalue weighted by Gasteiger charge is 2.12. The summed E-state index contributed by atoms with van der Waals surface area (Å²) in [5, 5.41) is 5.83. The van der Waals surface area contributed by atoms with Gasteiger partial charge in [0.2, 0.25) is 5.91 Å². The minimum absolute atomic E-state index is 0.0352. The second-order valence-corrected chi connectivity index (χ2v) is 7.36. The number of rotatable bonds is 4. The first-order valence-electron chi connectivity index (χ1n) is 8.32. The molecular formula is C21H22N2OS. The average molecular weight is 350 g/mol. The van der Waals surface area contributed by atoms with E-state index in [2.05, 4.69) is 43.2 Å². The van der Waals surface area contributed by atoms with Crippen molar-refractivity contribution in [2.24, 2.45) is 0 Å². The molecular weight excluding hydrogens is 328 g/mol. The highest BCUT2D eigenvalue weighted by molar-refractivity contribution is 7.10.